The van der Waals surface area contributed by atoms with E-state index in [1.165, 1.54) is 29.5 Å². The fraction of sp³-hybridized carbons (Fsp3) is 0.0625. The Morgan fingerprint density at radius 1 is 1.04 bits per heavy atom. The molecule has 1 N–H and O–H groups in total. The fourth-order valence-corrected chi connectivity index (χ4v) is 3.14. The number of hydrogen-bond donors (Lipinski definition) is 1. The highest BCUT2D eigenvalue weighted by molar-refractivity contribution is 9.11. The summed E-state index contributed by atoms with van der Waals surface area (Å²) in [6, 6.07) is 8.53. The largest absolute Gasteiger partial charge is 0.508 e. The van der Waals surface area contributed by atoms with Crippen molar-refractivity contribution in [3.8, 4) is 11.5 Å². The van der Waals surface area contributed by atoms with E-state index in [0.717, 1.165) is 11.1 Å². The Bertz CT molecular complexity index is 985. The maximum atomic E-state index is 10.7. The summed E-state index contributed by atoms with van der Waals surface area (Å²) >= 11 is 7.57. The van der Waals surface area contributed by atoms with Crippen LogP contribution < -0.4 is 4.74 Å². The zero-order valence-corrected chi connectivity index (χ0v) is 17.8. The molecule has 0 atom stereocenters. The van der Waals surface area contributed by atoms with E-state index >= 15 is 0 Å². The van der Waals surface area contributed by atoms with Crippen LogP contribution in [-0.4, -0.2) is 19.9 Å². The van der Waals surface area contributed by atoms with E-state index in [0.29, 0.717) is 21.3 Å². The zero-order valence-electron chi connectivity index (χ0n) is 13.8. The van der Waals surface area contributed by atoms with Crippen molar-refractivity contribution in [3.63, 3.8) is 0 Å². The minimum Gasteiger partial charge on any atom is -0.508 e. The molecule has 0 unspecified atom stereocenters. The molecule has 0 fully saturated rings. The number of hydrogen-bond acceptors (Lipinski definition) is 8. The zero-order chi connectivity index (χ0) is 20.7. The van der Waals surface area contributed by atoms with Crippen LogP contribution in [-0.2, 0) is 6.61 Å². The predicted octanol–water partition coefficient (Wildman–Crippen LogP) is 5.46. The number of nitro groups is 2. The molecular weight excluding hydrogens is 522 g/mol. The summed E-state index contributed by atoms with van der Waals surface area (Å²) in [6.45, 7) is 0.316. The SMILES string of the molecule is O=[N+]([O-])c1cc(O)ccc1Br.O=[N+]([O-])c1cc(OCc2nccs2)ccc1Br. The molecule has 3 aromatic rings. The van der Waals surface area contributed by atoms with E-state index in [1.54, 1.807) is 18.3 Å². The normalized spacial score (nSPS) is 9.93. The minimum atomic E-state index is -0.566. The summed E-state index contributed by atoms with van der Waals surface area (Å²) in [4.78, 5) is 24.0. The van der Waals surface area contributed by atoms with Crippen molar-refractivity contribution in [2.45, 2.75) is 6.61 Å². The van der Waals surface area contributed by atoms with Crippen molar-refractivity contribution in [3.05, 3.63) is 82.2 Å². The first kappa shape index (κ1) is 21.7. The molecule has 0 aliphatic heterocycles. The lowest BCUT2D eigenvalue weighted by Crippen LogP contribution is -1.96. The summed E-state index contributed by atoms with van der Waals surface area (Å²) in [6.07, 6.45) is 1.69. The van der Waals surface area contributed by atoms with E-state index in [1.807, 2.05) is 5.38 Å². The van der Waals surface area contributed by atoms with Gasteiger partial charge in [0.25, 0.3) is 11.4 Å². The van der Waals surface area contributed by atoms with Crippen LogP contribution in [0.5, 0.6) is 11.5 Å². The van der Waals surface area contributed by atoms with Crippen molar-refractivity contribution in [2.24, 2.45) is 0 Å². The van der Waals surface area contributed by atoms with Crippen molar-refractivity contribution >= 4 is 54.6 Å². The molecule has 0 saturated carbocycles. The topological polar surface area (TPSA) is 129 Å². The maximum absolute atomic E-state index is 10.7. The van der Waals surface area contributed by atoms with Crippen LogP contribution in [0, 0.1) is 20.2 Å². The van der Waals surface area contributed by atoms with E-state index in [-0.39, 0.29) is 17.1 Å². The first-order valence-corrected chi connectivity index (χ1v) is 9.82. The minimum absolute atomic E-state index is 0.0124. The molecule has 1 aromatic heterocycles. The molecule has 2 aromatic carbocycles. The standard InChI is InChI=1S/C10H7BrN2O3S.C6H4BrNO3/c11-8-2-1-7(5-9(8)13(14)15)16-6-10-12-3-4-17-10;7-5-2-1-4(9)3-6(5)8(10)11/h1-5H,6H2;1-3,9H. The summed E-state index contributed by atoms with van der Waals surface area (Å²) in [5.41, 5.74) is -0.147. The number of halogens is 2. The lowest BCUT2D eigenvalue weighted by Gasteiger charge is -2.04. The average molecular weight is 533 g/mol. The molecule has 0 saturated heterocycles. The molecule has 0 amide bonds. The molecule has 0 aliphatic rings. The van der Waals surface area contributed by atoms with Crippen LogP contribution in [0.2, 0.25) is 0 Å². The highest BCUT2D eigenvalue weighted by Crippen LogP contribution is 2.29. The van der Waals surface area contributed by atoms with Gasteiger partial charge in [0.15, 0.2) is 0 Å². The number of rotatable bonds is 5. The summed E-state index contributed by atoms with van der Waals surface area (Å²) in [5.74, 6) is 0.343. The molecule has 0 radical (unpaired) electrons. The van der Waals surface area contributed by atoms with Gasteiger partial charge in [0, 0.05) is 11.6 Å². The quantitative estimate of drug-likeness (QED) is 0.341. The first-order chi connectivity index (χ1) is 13.3. The van der Waals surface area contributed by atoms with E-state index in [2.05, 4.69) is 36.8 Å². The Morgan fingerprint density at radius 3 is 2.18 bits per heavy atom. The highest BCUT2D eigenvalue weighted by Gasteiger charge is 2.13. The van der Waals surface area contributed by atoms with E-state index < -0.39 is 9.85 Å². The molecule has 146 valence electrons. The van der Waals surface area contributed by atoms with Crippen LogP contribution in [0.1, 0.15) is 5.01 Å². The van der Waals surface area contributed by atoms with Gasteiger partial charge in [-0.25, -0.2) is 4.98 Å². The molecule has 28 heavy (non-hydrogen) atoms. The summed E-state index contributed by atoms with van der Waals surface area (Å²) in [5, 5.41) is 32.5. The number of benzene rings is 2. The second kappa shape index (κ2) is 10.1. The van der Waals surface area contributed by atoms with Gasteiger partial charge in [-0.15, -0.1) is 11.3 Å². The molecule has 0 spiro atoms. The number of ether oxygens (including phenoxy) is 1. The second-order valence-electron chi connectivity index (χ2n) is 4.98. The molecule has 12 heteroatoms. The lowest BCUT2D eigenvalue weighted by molar-refractivity contribution is -0.385. The van der Waals surface area contributed by atoms with Gasteiger partial charge in [0.1, 0.15) is 23.1 Å². The predicted molar refractivity (Wildman–Crippen MR) is 110 cm³/mol. The van der Waals surface area contributed by atoms with Gasteiger partial charge in [0.05, 0.1) is 30.9 Å². The van der Waals surface area contributed by atoms with Crippen LogP contribution >= 0.6 is 43.2 Å². The van der Waals surface area contributed by atoms with Gasteiger partial charge in [-0.2, -0.15) is 0 Å². The third-order valence-corrected chi connectivity index (χ3v) is 5.18. The number of aromatic nitrogens is 1. The maximum Gasteiger partial charge on any atom is 0.287 e. The van der Waals surface area contributed by atoms with Gasteiger partial charge in [-0.1, -0.05) is 0 Å². The highest BCUT2D eigenvalue weighted by atomic mass is 79.9. The third-order valence-electron chi connectivity index (χ3n) is 3.09. The number of nitro benzene ring substituents is 2. The van der Waals surface area contributed by atoms with Crippen molar-refractivity contribution < 1.29 is 19.7 Å². The Kier molecular flexibility index (Phi) is 7.84. The van der Waals surface area contributed by atoms with Crippen molar-refractivity contribution in [2.75, 3.05) is 0 Å². The molecule has 3 rings (SSSR count). The second-order valence-corrected chi connectivity index (χ2v) is 7.67. The number of aromatic hydroxyl groups is 1. The monoisotopic (exact) mass is 531 g/mol. The first-order valence-electron chi connectivity index (χ1n) is 7.36. The van der Waals surface area contributed by atoms with E-state index in [9.17, 15) is 20.2 Å². The van der Waals surface area contributed by atoms with Gasteiger partial charge >= 0.3 is 0 Å². The van der Waals surface area contributed by atoms with Gasteiger partial charge in [-0.05, 0) is 56.1 Å². The Hall–Kier alpha value is -2.57. The molecular formula is C16H11Br2N3O6S. The van der Waals surface area contributed by atoms with Crippen LogP contribution in [0.15, 0.2) is 56.9 Å². The molecule has 1 heterocycles. The Morgan fingerprint density at radius 2 is 1.64 bits per heavy atom. The Labute approximate surface area is 179 Å². The number of phenols is 1. The number of phenolic OH excluding ortho intramolecular Hbond substituents is 1. The smallest absolute Gasteiger partial charge is 0.287 e. The van der Waals surface area contributed by atoms with Gasteiger partial charge < -0.3 is 9.84 Å². The van der Waals surface area contributed by atoms with Gasteiger partial charge in [-0.3, -0.25) is 20.2 Å². The van der Waals surface area contributed by atoms with Crippen LogP contribution in [0.3, 0.4) is 0 Å². The van der Waals surface area contributed by atoms with Crippen LogP contribution in [0.25, 0.3) is 0 Å². The Balaban J connectivity index is 0.000000221. The number of nitrogens with zero attached hydrogens (tertiary/aromatic N) is 3. The fourth-order valence-electron chi connectivity index (χ4n) is 1.83. The molecule has 9 nitrogen and oxygen atoms in total. The molecule has 0 bridgehead atoms. The van der Waals surface area contributed by atoms with Crippen LogP contribution in [0.4, 0.5) is 11.4 Å². The lowest BCUT2D eigenvalue weighted by atomic mass is 10.3. The van der Waals surface area contributed by atoms with Crippen molar-refractivity contribution in [1.29, 1.82) is 0 Å². The van der Waals surface area contributed by atoms with E-state index in [4.69, 9.17) is 9.84 Å². The third kappa shape index (κ3) is 6.25. The van der Waals surface area contributed by atoms with Gasteiger partial charge in [0.2, 0.25) is 0 Å². The molecule has 0 aliphatic carbocycles. The summed E-state index contributed by atoms with van der Waals surface area (Å²) in [7, 11) is 0. The summed E-state index contributed by atoms with van der Waals surface area (Å²) < 4.78 is 6.21. The van der Waals surface area contributed by atoms with Crippen molar-refractivity contribution in [1.82, 2.24) is 4.98 Å². The average Bonchev–Trinajstić information content (AvgIpc) is 3.17. The number of thiazole rings is 1.